The number of nitrogens with zero attached hydrogens (tertiary/aromatic N) is 1. The summed E-state index contributed by atoms with van der Waals surface area (Å²) >= 11 is -1.28. The third-order valence-electron chi connectivity index (χ3n) is 2.65. The lowest BCUT2D eigenvalue weighted by Crippen LogP contribution is -2.28. The zero-order valence-electron chi connectivity index (χ0n) is 10.0. The second-order valence-electron chi connectivity index (χ2n) is 5.31. The van der Waals surface area contributed by atoms with Crippen LogP contribution < -0.4 is 0 Å². The molecular formula is C11H19F2NOS. The number of alkyl halides is 2. The zero-order valence-corrected chi connectivity index (χ0v) is 10.8. The molecule has 94 valence electrons. The van der Waals surface area contributed by atoms with Crippen LogP contribution in [-0.2, 0) is 11.4 Å². The summed E-state index contributed by atoms with van der Waals surface area (Å²) < 4.78 is 40.9. The normalized spacial score (nSPS) is 24.9. The second-order valence-corrected chi connectivity index (χ2v) is 7.24. The molecular weight excluding hydrogens is 232 g/mol. The van der Waals surface area contributed by atoms with Gasteiger partial charge in [-0.15, -0.1) is 0 Å². The van der Waals surface area contributed by atoms with Gasteiger partial charge in [0.15, 0.2) is 0 Å². The molecule has 1 atom stereocenters. The van der Waals surface area contributed by atoms with Crippen molar-refractivity contribution < 1.29 is 13.3 Å². The van der Waals surface area contributed by atoms with Crippen molar-refractivity contribution in [2.45, 2.75) is 57.1 Å². The Kier molecular flexibility index (Phi) is 4.35. The molecule has 0 N–H and O–H groups in total. The predicted molar refractivity (Wildman–Crippen MR) is 63.3 cm³/mol. The zero-order chi connectivity index (χ0) is 12.4. The van der Waals surface area contributed by atoms with Gasteiger partial charge in [-0.2, -0.15) is 0 Å². The fourth-order valence-electron chi connectivity index (χ4n) is 1.51. The SMILES string of the molecule is CC(C)(C)[S+]([O-])N=CC1CCC(F)(F)CC1. The molecule has 0 spiro atoms. The maximum atomic E-state index is 12.9. The molecule has 1 unspecified atom stereocenters. The van der Waals surface area contributed by atoms with E-state index >= 15 is 0 Å². The van der Waals surface area contributed by atoms with Crippen molar-refractivity contribution >= 4 is 17.6 Å². The summed E-state index contributed by atoms with van der Waals surface area (Å²) in [6.07, 6.45) is 2.34. The molecule has 1 saturated carbocycles. The average Bonchev–Trinajstić information content (AvgIpc) is 2.14. The Morgan fingerprint density at radius 1 is 1.31 bits per heavy atom. The van der Waals surface area contributed by atoms with Crippen LogP contribution in [-0.4, -0.2) is 21.4 Å². The van der Waals surface area contributed by atoms with Crippen LogP contribution in [0, 0.1) is 5.92 Å². The third-order valence-corrected chi connectivity index (χ3v) is 4.01. The van der Waals surface area contributed by atoms with Crippen molar-refractivity contribution in [3.05, 3.63) is 0 Å². The molecule has 0 aromatic heterocycles. The van der Waals surface area contributed by atoms with E-state index in [1.54, 1.807) is 6.21 Å². The molecule has 0 bridgehead atoms. The molecule has 16 heavy (non-hydrogen) atoms. The monoisotopic (exact) mass is 251 g/mol. The van der Waals surface area contributed by atoms with Gasteiger partial charge in [0.1, 0.15) is 16.1 Å². The summed E-state index contributed by atoms with van der Waals surface area (Å²) in [4.78, 5) is 0. The highest BCUT2D eigenvalue weighted by atomic mass is 32.2. The Morgan fingerprint density at radius 2 is 1.81 bits per heavy atom. The lowest BCUT2D eigenvalue weighted by Gasteiger charge is -2.26. The van der Waals surface area contributed by atoms with Gasteiger partial charge < -0.3 is 4.55 Å². The topological polar surface area (TPSA) is 35.4 Å². The maximum absolute atomic E-state index is 12.9. The van der Waals surface area contributed by atoms with Crippen LogP contribution in [0.15, 0.2) is 4.40 Å². The molecule has 1 aliphatic carbocycles. The molecule has 2 nitrogen and oxygen atoms in total. The van der Waals surface area contributed by atoms with E-state index in [1.807, 2.05) is 20.8 Å². The molecule has 0 saturated heterocycles. The van der Waals surface area contributed by atoms with E-state index in [-0.39, 0.29) is 23.5 Å². The van der Waals surface area contributed by atoms with Gasteiger partial charge in [-0.3, -0.25) is 0 Å². The van der Waals surface area contributed by atoms with Gasteiger partial charge >= 0.3 is 0 Å². The van der Waals surface area contributed by atoms with Gasteiger partial charge in [0.2, 0.25) is 5.92 Å². The Balaban J connectivity index is 2.42. The van der Waals surface area contributed by atoms with Crippen LogP contribution in [0.1, 0.15) is 46.5 Å². The fourth-order valence-corrected chi connectivity index (χ4v) is 2.11. The molecule has 0 heterocycles. The summed E-state index contributed by atoms with van der Waals surface area (Å²) in [7, 11) is 0. The van der Waals surface area contributed by atoms with Crippen molar-refractivity contribution in [3.63, 3.8) is 0 Å². The number of halogens is 2. The first-order chi connectivity index (χ1) is 7.21. The van der Waals surface area contributed by atoms with E-state index in [2.05, 4.69) is 4.40 Å². The minimum Gasteiger partial charge on any atom is -0.591 e. The molecule has 5 heteroatoms. The molecule has 0 aromatic rings. The Labute approximate surface area is 98.8 Å². The minimum absolute atomic E-state index is 0.0610. The van der Waals surface area contributed by atoms with Gasteiger partial charge in [0.25, 0.3) is 0 Å². The van der Waals surface area contributed by atoms with Crippen LogP contribution in [0.4, 0.5) is 8.78 Å². The van der Waals surface area contributed by atoms with E-state index < -0.39 is 17.3 Å². The molecule has 0 aromatic carbocycles. The number of rotatable bonds is 2. The quantitative estimate of drug-likeness (QED) is 0.547. The van der Waals surface area contributed by atoms with E-state index in [0.29, 0.717) is 12.8 Å². The van der Waals surface area contributed by atoms with Crippen LogP contribution in [0.25, 0.3) is 0 Å². The summed E-state index contributed by atoms with van der Waals surface area (Å²) in [5, 5.41) is 0. The fraction of sp³-hybridized carbons (Fsp3) is 0.909. The molecule has 1 fully saturated rings. The van der Waals surface area contributed by atoms with Crippen molar-refractivity contribution in [1.82, 2.24) is 0 Å². The van der Waals surface area contributed by atoms with Crippen LogP contribution in [0.2, 0.25) is 0 Å². The maximum Gasteiger partial charge on any atom is 0.248 e. The highest BCUT2D eigenvalue weighted by molar-refractivity contribution is 7.91. The highest BCUT2D eigenvalue weighted by Crippen LogP contribution is 2.35. The van der Waals surface area contributed by atoms with Crippen molar-refractivity contribution in [2.75, 3.05) is 0 Å². The molecule has 0 amide bonds. The lowest BCUT2D eigenvalue weighted by atomic mass is 9.88. The smallest absolute Gasteiger partial charge is 0.248 e. The van der Waals surface area contributed by atoms with Gasteiger partial charge in [-0.05, 0) is 39.5 Å². The Hall–Kier alpha value is -0.160. The largest absolute Gasteiger partial charge is 0.591 e. The first kappa shape index (κ1) is 13.9. The predicted octanol–water partition coefficient (Wildman–Crippen LogP) is 3.34. The standard InChI is InChI=1S/C11H19F2NOS/c1-10(2,3)16(15)14-8-9-4-6-11(12,13)7-5-9/h8-9H,4-7H2,1-3H3. The lowest BCUT2D eigenvalue weighted by molar-refractivity contribution is -0.0390. The first-order valence-corrected chi connectivity index (χ1v) is 6.65. The van der Waals surface area contributed by atoms with Crippen LogP contribution in [0.5, 0.6) is 0 Å². The van der Waals surface area contributed by atoms with Gasteiger partial charge in [0.05, 0.1) is 6.21 Å². The molecule has 1 aliphatic rings. The summed E-state index contributed by atoms with van der Waals surface area (Å²) in [5.41, 5.74) is 0. The Morgan fingerprint density at radius 3 is 2.25 bits per heavy atom. The minimum atomic E-state index is -2.51. The number of hydrogen-bond donors (Lipinski definition) is 0. The highest BCUT2D eigenvalue weighted by Gasteiger charge is 2.35. The van der Waals surface area contributed by atoms with Gasteiger partial charge in [-0.1, -0.05) is 4.40 Å². The van der Waals surface area contributed by atoms with Crippen LogP contribution in [0.3, 0.4) is 0 Å². The molecule has 0 aliphatic heterocycles. The molecule has 0 radical (unpaired) electrons. The summed E-state index contributed by atoms with van der Waals surface area (Å²) in [5.74, 6) is -2.45. The molecule has 1 rings (SSSR count). The van der Waals surface area contributed by atoms with E-state index in [0.717, 1.165) is 0 Å². The average molecular weight is 251 g/mol. The summed E-state index contributed by atoms with van der Waals surface area (Å²) in [6.45, 7) is 5.53. The van der Waals surface area contributed by atoms with Crippen molar-refractivity contribution in [2.24, 2.45) is 10.3 Å². The first-order valence-electron chi connectivity index (χ1n) is 5.55. The van der Waals surface area contributed by atoms with E-state index in [9.17, 15) is 13.3 Å². The van der Waals surface area contributed by atoms with Crippen LogP contribution >= 0.6 is 0 Å². The second kappa shape index (κ2) is 5.00. The van der Waals surface area contributed by atoms with E-state index in [1.165, 1.54) is 0 Å². The van der Waals surface area contributed by atoms with Crippen molar-refractivity contribution in [1.29, 1.82) is 0 Å². The van der Waals surface area contributed by atoms with Crippen molar-refractivity contribution in [3.8, 4) is 0 Å². The number of hydrogen-bond acceptors (Lipinski definition) is 2. The van der Waals surface area contributed by atoms with Gasteiger partial charge in [0, 0.05) is 12.8 Å². The summed E-state index contributed by atoms with van der Waals surface area (Å²) in [6, 6.07) is 0. The van der Waals surface area contributed by atoms with E-state index in [4.69, 9.17) is 0 Å². The van der Waals surface area contributed by atoms with Gasteiger partial charge in [-0.25, -0.2) is 8.78 Å². The Bertz CT molecular complexity index is 253. The third kappa shape index (κ3) is 4.37.